The molecule has 7 aromatic carbocycles. The van der Waals surface area contributed by atoms with Crippen molar-refractivity contribution in [2.24, 2.45) is 0 Å². The molecule has 0 amide bonds. The molecule has 0 unspecified atom stereocenters. The summed E-state index contributed by atoms with van der Waals surface area (Å²) in [4.78, 5) is 0. The summed E-state index contributed by atoms with van der Waals surface area (Å²) < 4.78 is 46.5. The van der Waals surface area contributed by atoms with Crippen molar-refractivity contribution in [2.75, 3.05) is 6.61 Å². The third-order valence-corrected chi connectivity index (χ3v) is 12.7. The molecule has 0 bridgehead atoms. The van der Waals surface area contributed by atoms with Crippen LogP contribution in [0.5, 0.6) is 5.75 Å². The number of halogens is 3. The molecule has 7 aromatic rings. The van der Waals surface area contributed by atoms with Crippen molar-refractivity contribution in [1.82, 2.24) is 0 Å². The summed E-state index contributed by atoms with van der Waals surface area (Å²) in [6.07, 6.45) is -3.99. The van der Waals surface area contributed by atoms with Crippen LogP contribution in [0.15, 0.2) is 212 Å². The van der Waals surface area contributed by atoms with E-state index in [4.69, 9.17) is 0 Å². The molecule has 0 aromatic heterocycles. The second-order valence-corrected chi connectivity index (χ2v) is 16.0. The van der Waals surface area contributed by atoms with Crippen LogP contribution in [-0.4, -0.2) is 6.61 Å². The minimum Gasteiger partial charge on any atom is -0.611 e. The summed E-state index contributed by atoms with van der Waals surface area (Å²) in [5, 5.41) is 19.3. The van der Waals surface area contributed by atoms with Gasteiger partial charge in [0, 0.05) is 5.75 Å². The van der Waals surface area contributed by atoms with Gasteiger partial charge in [-0.15, -0.1) is 6.07 Å². The van der Waals surface area contributed by atoms with Gasteiger partial charge in [-0.1, -0.05) is 189 Å². The fourth-order valence-corrected chi connectivity index (χ4v) is 9.99. The Morgan fingerprint density at radius 2 is 0.839 bits per heavy atom. The first-order chi connectivity index (χ1) is 26.8. The zero-order chi connectivity index (χ0) is 38.7. The van der Waals surface area contributed by atoms with Crippen LogP contribution in [0.4, 0.5) is 13.2 Å². The molecule has 0 aliphatic rings. The van der Waals surface area contributed by atoms with E-state index in [1.807, 2.05) is 0 Å². The molecular formula is C47H39F3O3P2Pd. The summed E-state index contributed by atoms with van der Waals surface area (Å²) in [7, 11) is -0.892. The van der Waals surface area contributed by atoms with Gasteiger partial charge in [-0.3, -0.25) is 0 Å². The van der Waals surface area contributed by atoms with Crippen LogP contribution in [0.1, 0.15) is 12.5 Å². The van der Waals surface area contributed by atoms with Crippen molar-refractivity contribution in [3.63, 3.8) is 0 Å². The van der Waals surface area contributed by atoms with Crippen LogP contribution in [0.2, 0.25) is 0 Å². The third-order valence-electron chi connectivity index (χ3n) is 7.77. The summed E-state index contributed by atoms with van der Waals surface area (Å²) in [5.41, 5.74) is -0.999. The molecule has 0 spiro atoms. The Labute approximate surface area is 343 Å². The summed E-state index contributed by atoms with van der Waals surface area (Å²) in [6, 6.07) is 70.2. The average Bonchev–Trinajstić information content (AvgIpc) is 3.23. The first kappa shape index (κ1) is 43.7. The summed E-state index contributed by atoms with van der Waals surface area (Å²) >= 11 is 0. The Kier molecular flexibility index (Phi) is 18.1. The molecule has 9 heteroatoms. The van der Waals surface area contributed by atoms with Gasteiger partial charge >= 0.3 is 26.6 Å². The van der Waals surface area contributed by atoms with Crippen LogP contribution in [0.3, 0.4) is 0 Å². The second kappa shape index (κ2) is 23.2. The number of para-hydroxylation sites is 1. The van der Waals surface area contributed by atoms with Gasteiger partial charge in [0.05, 0.1) is 5.95 Å². The zero-order valence-electron chi connectivity index (χ0n) is 30.4. The number of ether oxygens (including phenoxy) is 2. The molecule has 7 rings (SSSR count). The Bertz CT molecular complexity index is 1840. The fourth-order valence-electron chi connectivity index (χ4n) is 5.38. The van der Waals surface area contributed by atoms with Crippen LogP contribution in [0.25, 0.3) is 0 Å². The normalized spacial score (nSPS) is 10.9. The van der Waals surface area contributed by atoms with Crippen LogP contribution in [0, 0.1) is 6.07 Å². The second-order valence-electron chi connectivity index (χ2n) is 11.6. The van der Waals surface area contributed by atoms with Crippen molar-refractivity contribution in [3.8, 4) is 5.75 Å². The molecule has 0 radical (unpaired) electrons. The smallest absolute Gasteiger partial charge is 0.611 e. The molecule has 0 N–H and O–H groups in total. The molecule has 56 heavy (non-hydrogen) atoms. The van der Waals surface area contributed by atoms with Gasteiger partial charge < -0.3 is 14.6 Å². The van der Waals surface area contributed by atoms with Crippen LogP contribution in [-0.2, 0) is 31.3 Å². The minimum atomic E-state index is -4.56. The van der Waals surface area contributed by atoms with Crippen molar-refractivity contribution < 1.29 is 48.2 Å². The molecular weight excluding hydrogens is 838 g/mol. The molecule has 0 heterocycles. The van der Waals surface area contributed by atoms with Gasteiger partial charge in [-0.2, -0.15) is 31.4 Å². The summed E-state index contributed by atoms with van der Waals surface area (Å²) in [5.74, 6) is -1.41. The van der Waals surface area contributed by atoms with E-state index in [2.05, 4.69) is 198 Å². The maximum absolute atomic E-state index is 12.5. The van der Waals surface area contributed by atoms with Gasteiger partial charge in [-0.05, 0) is 59.8 Å². The Morgan fingerprint density at radius 1 is 0.536 bits per heavy atom. The van der Waals surface area contributed by atoms with Gasteiger partial charge in [0.1, 0.15) is 6.26 Å². The molecule has 3 nitrogen and oxygen atoms in total. The van der Waals surface area contributed by atoms with E-state index >= 15 is 0 Å². The largest absolute Gasteiger partial charge is 2.00 e. The Balaban J connectivity index is 0.000000185. The molecule has 0 saturated carbocycles. The Morgan fingerprint density at radius 3 is 1.11 bits per heavy atom. The van der Waals surface area contributed by atoms with Gasteiger partial charge in [-0.25, -0.2) is 0 Å². The van der Waals surface area contributed by atoms with Gasteiger partial charge in [0.2, 0.25) is 0 Å². The van der Waals surface area contributed by atoms with Crippen LogP contribution < -0.4 is 41.7 Å². The van der Waals surface area contributed by atoms with E-state index in [1.54, 1.807) is 6.92 Å². The molecule has 0 fully saturated rings. The average molecular weight is 877 g/mol. The Hall–Kier alpha value is -5.01. The standard InChI is InChI=1S/2C18H15P.C11H10F3O3.Pd/c2*1-4-10-16(11-5-1)19(17-12-6-2-7-13-17)18-14-8-3-9-15-18;1-2-16-10(15)7-17-9-6-4-3-5-8(9)11(12,13)14;/h2*1-15H;3-5,7,15H,2H2,1H3;/q;;-1;+2/p-1/b;;10-7-;. The summed E-state index contributed by atoms with van der Waals surface area (Å²) in [6.45, 7) is 1.69. The van der Waals surface area contributed by atoms with Crippen molar-refractivity contribution in [3.05, 3.63) is 224 Å². The maximum Gasteiger partial charge on any atom is 2.00 e. The number of benzene rings is 7. The minimum absolute atomic E-state index is 0. The quantitative estimate of drug-likeness (QED) is 0.0597. The van der Waals surface area contributed by atoms with Gasteiger partial charge in [0.25, 0.3) is 0 Å². The van der Waals surface area contributed by atoms with E-state index in [-0.39, 0.29) is 27.0 Å². The van der Waals surface area contributed by atoms with E-state index < -0.39 is 39.3 Å². The van der Waals surface area contributed by atoms with E-state index in [1.165, 1.54) is 44.0 Å². The molecule has 0 saturated heterocycles. The number of hydrogen-bond acceptors (Lipinski definition) is 3. The molecule has 286 valence electrons. The van der Waals surface area contributed by atoms with E-state index in [0.29, 0.717) is 6.26 Å². The van der Waals surface area contributed by atoms with Crippen molar-refractivity contribution in [2.45, 2.75) is 13.1 Å². The predicted molar refractivity (Wildman–Crippen MR) is 221 cm³/mol. The van der Waals surface area contributed by atoms with Crippen molar-refractivity contribution >= 4 is 47.7 Å². The zero-order valence-corrected chi connectivity index (χ0v) is 33.7. The fraction of sp³-hybridized carbons (Fsp3) is 0.0638. The van der Waals surface area contributed by atoms with Crippen molar-refractivity contribution in [1.29, 1.82) is 0 Å². The molecule has 0 aliphatic carbocycles. The van der Waals surface area contributed by atoms with Gasteiger partial charge in [0.15, 0.2) is 0 Å². The van der Waals surface area contributed by atoms with E-state index in [0.717, 1.165) is 6.07 Å². The number of hydrogen-bond donors (Lipinski definition) is 0. The van der Waals surface area contributed by atoms with E-state index in [9.17, 15) is 18.3 Å². The topological polar surface area (TPSA) is 41.5 Å². The maximum atomic E-state index is 12.5. The SMILES string of the molecule is CCO/C([O-])=C\Oc1[c-]cccc1C(F)(F)F.[Pd+2].c1ccc(P(c2ccccc2)c2ccccc2)cc1.c1ccc(P(c2ccccc2)c2ccccc2)cc1. The first-order valence-electron chi connectivity index (χ1n) is 17.5. The predicted octanol–water partition coefficient (Wildman–Crippen LogP) is 8.97. The third kappa shape index (κ3) is 13.3. The molecule has 0 atom stereocenters. The first-order valence-corrected chi connectivity index (χ1v) is 20.2. The monoisotopic (exact) mass is 876 g/mol. The van der Waals surface area contributed by atoms with Crippen LogP contribution >= 0.6 is 15.8 Å². The number of rotatable bonds is 10. The number of alkyl halides is 3. The molecule has 0 aliphatic heterocycles.